The van der Waals surface area contributed by atoms with Crippen LogP contribution in [0.5, 0.6) is 5.75 Å². The number of benzene rings is 1. The summed E-state index contributed by atoms with van der Waals surface area (Å²) < 4.78 is 6.12. The quantitative estimate of drug-likeness (QED) is 0.782. The first-order chi connectivity index (χ1) is 8.13. The minimum absolute atomic E-state index is 0.270. The first-order valence-corrected chi connectivity index (χ1v) is 6.47. The van der Waals surface area contributed by atoms with Crippen molar-refractivity contribution >= 4 is 21.9 Å². The Balaban J connectivity index is 2.32. The summed E-state index contributed by atoms with van der Waals surface area (Å²) in [5.74, 6) is 0.122. The van der Waals surface area contributed by atoms with E-state index in [1.807, 2.05) is 12.1 Å². The van der Waals surface area contributed by atoms with Gasteiger partial charge in [0, 0.05) is 6.42 Å². The Bertz CT molecular complexity index is 377. The van der Waals surface area contributed by atoms with E-state index in [9.17, 15) is 4.79 Å². The number of methoxy groups -OCH3 is 1. The Morgan fingerprint density at radius 2 is 2.12 bits per heavy atom. The predicted octanol–water partition coefficient (Wildman–Crippen LogP) is 3.65. The third-order valence-corrected chi connectivity index (χ3v) is 3.19. The van der Waals surface area contributed by atoms with E-state index in [1.54, 1.807) is 7.11 Å². The summed E-state index contributed by atoms with van der Waals surface area (Å²) in [6.45, 7) is 0. The van der Waals surface area contributed by atoms with E-state index in [-0.39, 0.29) is 6.42 Å². The molecule has 0 fully saturated rings. The number of hydrogen-bond acceptors (Lipinski definition) is 2. The van der Waals surface area contributed by atoms with Gasteiger partial charge in [-0.2, -0.15) is 0 Å². The topological polar surface area (TPSA) is 46.5 Å². The Labute approximate surface area is 110 Å². The Hall–Kier alpha value is -1.03. The SMILES string of the molecule is COc1ccc(CCCCCC(=O)O)cc1Br. The number of ether oxygens (including phenoxy) is 1. The van der Waals surface area contributed by atoms with Crippen molar-refractivity contribution in [3.8, 4) is 5.75 Å². The van der Waals surface area contributed by atoms with Crippen molar-refractivity contribution in [2.75, 3.05) is 7.11 Å². The lowest BCUT2D eigenvalue weighted by atomic mass is 10.1. The van der Waals surface area contributed by atoms with Crippen LogP contribution in [0.4, 0.5) is 0 Å². The predicted molar refractivity (Wildman–Crippen MR) is 70.5 cm³/mol. The van der Waals surface area contributed by atoms with Gasteiger partial charge in [0.05, 0.1) is 11.6 Å². The van der Waals surface area contributed by atoms with Crippen molar-refractivity contribution in [2.24, 2.45) is 0 Å². The molecule has 0 aliphatic carbocycles. The molecule has 0 aliphatic rings. The number of hydrogen-bond donors (Lipinski definition) is 1. The zero-order chi connectivity index (χ0) is 12.7. The lowest BCUT2D eigenvalue weighted by Crippen LogP contribution is -1.94. The Morgan fingerprint density at radius 3 is 2.71 bits per heavy atom. The molecule has 17 heavy (non-hydrogen) atoms. The number of rotatable bonds is 7. The minimum Gasteiger partial charge on any atom is -0.496 e. The molecule has 0 heterocycles. The van der Waals surface area contributed by atoms with Crippen molar-refractivity contribution in [2.45, 2.75) is 32.1 Å². The van der Waals surface area contributed by atoms with Gasteiger partial charge in [0.2, 0.25) is 0 Å². The molecule has 0 aromatic heterocycles. The number of carbonyl (C=O) groups is 1. The first-order valence-electron chi connectivity index (χ1n) is 5.67. The molecule has 0 unspecified atom stereocenters. The second-order valence-corrected chi connectivity index (χ2v) is 4.78. The average molecular weight is 301 g/mol. The second-order valence-electron chi connectivity index (χ2n) is 3.92. The molecule has 0 bridgehead atoms. The van der Waals surface area contributed by atoms with Crippen molar-refractivity contribution in [3.05, 3.63) is 28.2 Å². The normalized spacial score (nSPS) is 10.2. The van der Waals surface area contributed by atoms with Crippen molar-refractivity contribution in [3.63, 3.8) is 0 Å². The van der Waals surface area contributed by atoms with Gasteiger partial charge in [-0.15, -0.1) is 0 Å². The van der Waals surface area contributed by atoms with Crippen LogP contribution < -0.4 is 4.74 Å². The van der Waals surface area contributed by atoms with Gasteiger partial charge in [-0.05, 0) is 52.9 Å². The summed E-state index contributed by atoms with van der Waals surface area (Å²) >= 11 is 3.45. The number of aryl methyl sites for hydroxylation is 1. The van der Waals surface area contributed by atoms with Crippen LogP contribution in [0.3, 0.4) is 0 Å². The molecule has 1 aromatic rings. The largest absolute Gasteiger partial charge is 0.496 e. The lowest BCUT2D eigenvalue weighted by Gasteiger charge is -2.06. The van der Waals surface area contributed by atoms with E-state index in [4.69, 9.17) is 9.84 Å². The fourth-order valence-electron chi connectivity index (χ4n) is 1.65. The Morgan fingerprint density at radius 1 is 1.35 bits per heavy atom. The molecule has 4 heteroatoms. The van der Waals surface area contributed by atoms with Gasteiger partial charge in [0.1, 0.15) is 5.75 Å². The fraction of sp³-hybridized carbons (Fsp3) is 0.462. The first kappa shape index (κ1) is 14.0. The van der Waals surface area contributed by atoms with Gasteiger partial charge >= 0.3 is 5.97 Å². The molecule has 1 rings (SSSR count). The van der Waals surface area contributed by atoms with Crippen LogP contribution in [0.1, 0.15) is 31.2 Å². The zero-order valence-electron chi connectivity index (χ0n) is 9.91. The lowest BCUT2D eigenvalue weighted by molar-refractivity contribution is -0.137. The third-order valence-electron chi connectivity index (χ3n) is 2.57. The van der Waals surface area contributed by atoms with Crippen LogP contribution in [0, 0.1) is 0 Å². The van der Waals surface area contributed by atoms with Gasteiger partial charge in [0.15, 0.2) is 0 Å². The van der Waals surface area contributed by atoms with Gasteiger partial charge in [-0.3, -0.25) is 4.79 Å². The molecule has 94 valence electrons. The summed E-state index contributed by atoms with van der Waals surface area (Å²) in [4.78, 5) is 10.3. The molecule has 0 aliphatic heterocycles. The highest BCUT2D eigenvalue weighted by Gasteiger charge is 2.02. The van der Waals surface area contributed by atoms with Crippen LogP contribution in [0.25, 0.3) is 0 Å². The molecular formula is C13H17BrO3. The molecular weight excluding hydrogens is 284 g/mol. The number of aliphatic carboxylic acids is 1. The van der Waals surface area contributed by atoms with E-state index in [0.29, 0.717) is 0 Å². The van der Waals surface area contributed by atoms with Crippen LogP contribution in [0.2, 0.25) is 0 Å². The van der Waals surface area contributed by atoms with Crippen molar-refractivity contribution < 1.29 is 14.6 Å². The van der Waals surface area contributed by atoms with Crippen molar-refractivity contribution in [1.82, 2.24) is 0 Å². The molecule has 0 saturated carbocycles. The average Bonchev–Trinajstić information content (AvgIpc) is 2.28. The van der Waals surface area contributed by atoms with Crippen LogP contribution >= 0.6 is 15.9 Å². The van der Waals surface area contributed by atoms with Crippen LogP contribution in [0.15, 0.2) is 22.7 Å². The molecule has 0 amide bonds. The number of carboxylic acids is 1. The summed E-state index contributed by atoms with van der Waals surface area (Å²) in [6.07, 6.45) is 3.98. The smallest absolute Gasteiger partial charge is 0.303 e. The van der Waals surface area contributed by atoms with Gasteiger partial charge in [-0.1, -0.05) is 12.5 Å². The molecule has 0 spiro atoms. The fourth-order valence-corrected chi connectivity index (χ4v) is 2.24. The third kappa shape index (κ3) is 5.22. The minimum atomic E-state index is -0.711. The second kappa shape index (κ2) is 7.33. The maximum absolute atomic E-state index is 10.3. The van der Waals surface area contributed by atoms with Crippen LogP contribution in [-0.4, -0.2) is 18.2 Å². The molecule has 1 N–H and O–H groups in total. The zero-order valence-corrected chi connectivity index (χ0v) is 11.5. The van der Waals surface area contributed by atoms with E-state index >= 15 is 0 Å². The monoisotopic (exact) mass is 300 g/mol. The summed E-state index contributed by atoms with van der Waals surface area (Å²) in [5.41, 5.74) is 1.24. The van der Waals surface area contributed by atoms with Gasteiger partial charge < -0.3 is 9.84 Å². The number of unbranched alkanes of at least 4 members (excludes halogenated alkanes) is 2. The molecule has 0 atom stereocenters. The summed E-state index contributed by atoms with van der Waals surface area (Å²) in [6, 6.07) is 6.04. The maximum Gasteiger partial charge on any atom is 0.303 e. The highest BCUT2D eigenvalue weighted by Crippen LogP contribution is 2.26. The highest BCUT2D eigenvalue weighted by atomic mass is 79.9. The van der Waals surface area contributed by atoms with E-state index in [1.165, 1.54) is 5.56 Å². The molecule has 0 saturated heterocycles. The summed E-state index contributed by atoms with van der Waals surface area (Å²) in [7, 11) is 1.64. The maximum atomic E-state index is 10.3. The van der Waals surface area contributed by atoms with E-state index < -0.39 is 5.97 Å². The Kier molecular flexibility index (Phi) is 6.05. The van der Waals surface area contributed by atoms with E-state index in [0.717, 1.165) is 35.9 Å². The standard InChI is InChI=1S/C13H17BrO3/c1-17-12-8-7-10(9-11(12)14)5-3-2-4-6-13(15)16/h7-9H,2-6H2,1H3,(H,15,16). The molecule has 3 nitrogen and oxygen atoms in total. The van der Waals surface area contributed by atoms with Crippen LogP contribution in [-0.2, 0) is 11.2 Å². The molecule has 0 radical (unpaired) electrons. The van der Waals surface area contributed by atoms with Gasteiger partial charge in [0.25, 0.3) is 0 Å². The summed E-state index contributed by atoms with van der Waals surface area (Å²) in [5, 5.41) is 8.50. The number of carboxylic acid groups (broad SMARTS) is 1. The number of halogens is 1. The highest BCUT2D eigenvalue weighted by molar-refractivity contribution is 9.10. The van der Waals surface area contributed by atoms with Gasteiger partial charge in [-0.25, -0.2) is 0 Å². The van der Waals surface area contributed by atoms with Crippen molar-refractivity contribution in [1.29, 1.82) is 0 Å². The molecule has 1 aromatic carbocycles. The van der Waals surface area contributed by atoms with E-state index in [2.05, 4.69) is 22.0 Å².